The van der Waals surface area contributed by atoms with Crippen molar-refractivity contribution < 1.29 is 0 Å². The number of aryl methyl sites for hydroxylation is 2. The van der Waals surface area contributed by atoms with Crippen molar-refractivity contribution in [3.05, 3.63) is 28.8 Å². The van der Waals surface area contributed by atoms with E-state index in [1.54, 1.807) is 16.8 Å². The minimum absolute atomic E-state index is 0.814. The fraction of sp³-hybridized carbons (Fsp3) is 0.625. The maximum Gasteiger partial charge on any atom is 0.0431 e. The van der Waals surface area contributed by atoms with Gasteiger partial charge < -0.3 is 10.2 Å². The minimum Gasteiger partial charge on any atom is -0.371 e. The van der Waals surface area contributed by atoms with E-state index < -0.39 is 0 Å². The molecule has 0 aromatic heterocycles. The summed E-state index contributed by atoms with van der Waals surface area (Å²) in [6, 6.07) is 5.74. The van der Waals surface area contributed by atoms with Crippen LogP contribution >= 0.6 is 0 Å². The van der Waals surface area contributed by atoms with Gasteiger partial charge in [0.1, 0.15) is 0 Å². The van der Waals surface area contributed by atoms with Gasteiger partial charge >= 0.3 is 0 Å². The molecular formula is C16H22N2. The van der Waals surface area contributed by atoms with Gasteiger partial charge in [-0.3, -0.25) is 0 Å². The molecule has 2 aliphatic heterocycles. The molecule has 1 aromatic carbocycles. The molecule has 18 heavy (non-hydrogen) atoms. The summed E-state index contributed by atoms with van der Waals surface area (Å²) in [5.74, 6) is 0. The van der Waals surface area contributed by atoms with Gasteiger partial charge in [0.15, 0.2) is 0 Å². The first-order valence-electron chi connectivity index (χ1n) is 7.53. The lowest BCUT2D eigenvalue weighted by molar-refractivity contribution is 0.629. The number of nitrogens with zero attached hydrogens (tertiary/aromatic N) is 1. The molecule has 0 atom stereocenters. The Morgan fingerprint density at radius 3 is 2.33 bits per heavy atom. The van der Waals surface area contributed by atoms with E-state index >= 15 is 0 Å². The van der Waals surface area contributed by atoms with E-state index in [-0.39, 0.29) is 0 Å². The van der Waals surface area contributed by atoms with Crippen molar-refractivity contribution in [2.45, 2.75) is 51.1 Å². The highest BCUT2D eigenvalue weighted by atomic mass is 15.1. The zero-order chi connectivity index (χ0) is 11.9. The zero-order valence-corrected chi connectivity index (χ0v) is 11.0. The average Bonchev–Trinajstić information content (AvgIpc) is 3.21. The predicted octanol–water partition coefficient (Wildman–Crippen LogP) is 2.64. The SMILES string of the molecule is c1c(CNC2CC2)cc2c3c1CCCN3CCC2. The molecule has 0 amide bonds. The Morgan fingerprint density at radius 1 is 1.06 bits per heavy atom. The van der Waals surface area contributed by atoms with Crippen LogP contribution in [0.25, 0.3) is 0 Å². The van der Waals surface area contributed by atoms with E-state index in [0.29, 0.717) is 0 Å². The first kappa shape index (κ1) is 10.9. The Labute approximate surface area is 109 Å². The quantitative estimate of drug-likeness (QED) is 0.876. The summed E-state index contributed by atoms with van der Waals surface area (Å²) in [6.07, 6.45) is 8.02. The van der Waals surface area contributed by atoms with Crippen molar-refractivity contribution in [2.24, 2.45) is 0 Å². The summed E-state index contributed by atoms with van der Waals surface area (Å²) >= 11 is 0. The number of nitrogens with one attached hydrogen (secondary N) is 1. The molecule has 1 fully saturated rings. The van der Waals surface area contributed by atoms with Crippen molar-refractivity contribution >= 4 is 5.69 Å². The van der Waals surface area contributed by atoms with Crippen molar-refractivity contribution in [3.8, 4) is 0 Å². The van der Waals surface area contributed by atoms with Gasteiger partial charge in [0.05, 0.1) is 0 Å². The van der Waals surface area contributed by atoms with Gasteiger partial charge in [-0.15, -0.1) is 0 Å². The lowest BCUT2D eigenvalue weighted by Gasteiger charge is -2.37. The van der Waals surface area contributed by atoms with Crippen LogP contribution in [-0.4, -0.2) is 19.1 Å². The Bertz CT molecular complexity index is 431. The summed E-state index contributed by atoms with van der Waals surface area (Å²) in [5, 5.41) is 3.65. The van der Waals surface area contributed by atoms with Crippen LogP contribution in [0.3, 0.4) is 0 Å². The standard InChI is InChI=1S/C16H22N2/c1-3-13-9-12(11-17-15-5-6-15)10-14-4-2-8-18(7-1)16(13)14/h9-10,15,17H,1-8,11H2. The average molecular weight is 242 g/mol. The third-order valence-corrected chi connectivity index (χ3v) is 4.56. The van der Waals surface area contributed by atoms with Crippen LogP contribution in [0, 0.1) is 0 Å². The Kier molecular flexibility index (Phi) is 2.58. The second-order valence-corrected chi connectivity index (χ2v) is 6.11. The van der Waals surface area contributed by atoms with Crippen LogP contribution in [0.5, 0.6) is 0 Å². The summed E-state index contributed by atoms with van der Waals surface area (Å²) in [7, 11) is 0. The van der Waals surface area contributed by atoms with Gasteiger partial charge in [-0.25, -0.2) is 0 Å². The molecule has 1 aliphatic carbocycles. The van der Waals surface area contributed by atoms with Crippen LogP contribution in [0.4, 0.5) is 5.69 Å². The largest absolute Gasteiger partial charge is 0.371 e. The van der Waals surface area contributed by atoms with Crippen molar-refractivity contribution in [2.75, 3.05) is 18.0 Å². The highest BCUT2D eigenvalue weighted by molar-refractivity contribution is 5.64. The summed E-state index contributed by atoms with van der Waals surface area (Å²) in [4.78, 5) is 2.62. The molecule has 2 nitrogen and oxygen atoms in total. The summed E-state index contributed by atoms with van der Waals surface area (Å²) in [5.41, 5.74) is 6.35. The van der Waals surface area contributed by atoms with E-state index in [2.05, 4.69) is 22.3 Å². The number of hydrogen-bond donors (Lipinski definition) is 1. The molecule has 2 heteroatoms. The van der Waals surface area contributed by atoms with Crippen LogP contribution in [0.15, 0.2) is 12.1 Å². The number of benzene rings is 1. The van der Waals surface area contributed by atoms with E-state index in [1.807, 2.05) is 0 Å². The van der Waals surface area contributed by atoms with Crippen LogP contribution in [0.2, 0.25) is 0 Å². The Hall–Kier alpha value is -1.02. The monoisotopic (exact) mass is 242 g/mol. The molecule has 0 spiro atoms. The molecular weight excluding hydrogens is 220 g/mol. The molecule has 0 bridgehead atoms. The van der Waals surface area contributed by atoms with Gasteiger partial charge in [-0.2, -0.15) is 0 Å². The lowest BCUT2D eigenvalue weighted by atomic mass is 9.90. The maximum atomic E-state index is 3.65. The topological polar surface area (TPSA) is 15.3 Å². The summed E-state index contributed by atoms with van der Waals surface area (Å²) < 4.78 is 0. The van der Waals surface area contributed by atoms with Crippen molar-refractivity contribution in [1.82, 2.24) is 5.32 Å². The van der Waals surface area contributed by atoms with Crippen LogP contribution in [0.1, 0.15) is 42.4 Å². The van der Waals surface area contributed by atoms with Gasteiger partial charge in [0.25, 0.3) is 0 Å². The Balaban J connectivity index is 1.65. The third-order valence-electron chi connectivity index (χ3n) is 4.56. The Morgan fingerprint density at radius 2 is 1.72 bits per heavy atom. The minimum atomic E-state index is 0.814. The highest BCUT2D eigenvalue weighted by Gasteiger charge is 2.25. The fourth-order valence-corrected chi connectivity index (χ4v) is 3.53. The van der Waals surface area contributed by atoms with E-state index in [1.165, 1.54) is 57.2 Å². The second-order valence-electron chi connectivity index (χ2n) is 6.11. The zero-order valence-electron chi connectivity index (χ0n) is 11.0. The molecule has 4 rings (SSSR count). The number of rotatable bonds is 3. The van der Waals surface area contributed by atoms with Crippen LogP contribution < -0.4 is 10.2 Å². The van der Waals surface area contributed by atoms with Crippen molar-refractivity contribution in [3.63, 3.8) is 0 Å². The normalized spacial score (nSPS) is 21.9. The van der Waals surface area contributed by atoms with Gasteiger partial charge in [0.2, 0.25) is 0 Å². The molecule has 0 radical (unpaired) electrons. The lowest BCUT2D eigenvalue weighted by Crippen LogP contribution is -2.34. The fourth-order valence-electron chi connectivity index (χ4n) is 3.53. The second kappa shape index (κ2) is 4.27. The smallest absolute Gasteiger partial charge is 0.0431 e. The summed E-state index contributed by atoms with van der Waals surface area (Å²) in [6.45, 7) is 3.63. The maximum absolute atomic E-state index is 3.65. The molecule has 96 valence electrons. The first-order chi connectivity index (χ1) is 8.90. The van der Waals surface area contributed by atoms with Crippen molar-refractivity contribution in [1.29, 1.82) is 0 Å². The van der Waals surface area contributed by atoms with Crippen LogP contribution in [-0.2, 0) is 19.4 Å². The molecule has 1 saturated carbocycles. The van der Waals surface area contributed by atoms with E-state index in [9.17, 15) is 0 Å². The molecule has 0 unspecified atom stereocenters. The molecule has 1 N–H and O–H groups in total. The third kappa shape index (κ3) is 1.93. The molecule has 1 aromatic rings. The van der Waals surface area contributed by atoms with E-state index in [0.717, 1.165) is 12.6 Å². The van der Waals surface area contributed by atoms with E-state index in [4.69, 9.17) is 0 Å². The van der Waals surface area contributed by atoms with Gasteiger partial charge in [-0.05, 0) is 55.2 Å². The van der Waals surface area contributed by atoms with Gasteiger partial charge in [-0.1, -0.05) is 12.1 Å². The number of hydrogen-bond acceptors (Lipinski definition) is 2. The first-order valence-corrected chi connectivity index (χ1v) is 7.53. The predicted molar refractivity (Wildman–Crippen MR) is 75.2 cm³/mol. The molecule has 3 aliphatic rings. The molecule has 0 saturated heterocycles. The molecule has 2 heterocycles. The highest BCUT2D eigenvalue weighted by Crippen LogP contribution is 2.36. The number of anilines is 1. The van der Waals surface area contributed by atoms with Gasteiger partial charge in [0, 0.05) is 31.4 Å².